The lowest BCUT2D eigenvalue weighted by Crippen LogP contribution is -2.40. The summed E-state index contributed by atoms with van der Waals surface area (Å²) in [7, 11) is 1.63. The highest BCUT2D eigenvalue weighted by atomic mass is 16.6. The highest BCUT2D eigenvalue weighted by Gasteiger charge is 2.30. The zero-order valence-electron chi connectivity index (χ0n) is 10.2. The molecule has 1 amide bonds. The molecule has 0 aliphatic carbocycles. The molecule has 7 heteroatoms. The minimum atomic E-state index is -0.499. The number of nitrogens with zero attached hydrogens (tertiary/aromatic N) is 3. The number of amides is 1. The van der Waals surface area contributed by atoms with Gasteiger partial charge < -0.3 is 15.2 Å². The summed E-state index contributed by atoms with van der Waals surface area (Å²) in [5.41, 5.74) is 5.89. The second-order valence-corrected chi connectivity index (χ2v) is 4.48. The molecule has 1 aliphatic rings. The Morgan fingerprint density at radius 2 is 2.39 bits per heavy atom. The van der Waals surface area contributed by atoms with Crippen LogP contribution < -0.4 is 5.73 Å². The van der Waals surface area contributed by atoms with E-state index >= 15 is 0 Å². The normalized spacial score (nSPS) is 19.2. The quantitative estimate of drug-likeness (QED) is 0.626. The van der Waals surface area contributed by atoms with Gasteiger partial charge in [0, 0.05) is 32.2 Å². The highest BCUT2D eigenvalue weighted by Crippen LogP contribution is 2.22. The molecule has 1 fully saturated rings. The van der Waals surface area contributed by atoms with Crippen LogP contribution in [0, 0.1) is 10.1 Å². The summed E-state index contributed by atoms with van der Waals surface area (Å²) in [6, 6.07) is 1.36. The van der Waals surface area contributed by atoms with E-state index in [1.54, 1.807) is 11.9 Å². The maximum Gasteiger partial charge on any atom is 0.287 e. The number of carbonyl (C=O) groups excluding carboxylic acids is 1. The molecule has 2 N–H and O–H groups in total. The first-order valence-electron chi connectivity index (χ1n) is 5.86. The van der Waals surface area contributed by atoms with E-state index < -0.39 is 4.92 Å². The lowest BCUT2D eigenvalue weighted by molar-refractivity contribution is -0.384. The number of likely N-dealkylation sites (tertiary alicyclic amines) is 1. The molecule has 0 saturated carbocycles. The van der Waals surface area contributed by atoms with Gasteiger partial charge in [-0.05, 0) is 12.8 Å². The molecular formula is C11H16N4O3. The Morgan fingerprint density at radius 3 is 2.94 bits per heavy atom. The van der Waals surface area contributed by atoms with Crippen LogP contribution in [0.3, 0.4) is 0 Å². The summed E-state index contributed by atoms with van der Waals surface area (Å²) in [6.45, 7) is 1.10. The van der Waals surface area contributed by atoms with E-state index in [4.69, 9.17) is 5.73 Å². The van der Waals surface area contributed by atoms with Crippen molar-refractivity contribution in [3.63, 3.8) is 0 Å². The van der Waals surface area contributed by atoms with Gasteiger partial charge in [0.25, 0.3) is 11.6 Å². The van der Waals surface area contributed by atoms with Crippen molar-refractivity contribution in [3.05, 3.63) is 28.1 Å². The van der Waals surface area contributed by atoms with Crippen LogP contribution in [0.5, 0.6) is 0 Å². The molecule has 0 bridgehead atoms. The average Bonchev–Trinajstić information content (AvgIpc) is 2.93. The van der Waals surface area contributed by atoms with Crippen molar-refractivity contribution in [3.8, 4) is 0 Å². The molecule has 1 aromatic heterocycles. The van der Waals surface area contributed by atoms with Gasteiger partial charge >= 0.3 is 0 Å². The first-order chi connectivity index (χ1) is 8.54. The van der Waals surface area contributed by atoms with E-state index in [-0.39, 0.29) is 17.6 Å². The first-order valence-corrected chi connectivity index (χ1v) is 5.86. The number of nitro groups is 1. The lowest BCUT2D eigenvalue weighted by Gasteiger charge is -2.23. The molecule has 2 rings (SSSR count). The van der Waals surface area contributed by atoms with Crippen LogP contribution in [0.15, 0.2) is 12.3 Å². The Labute approximate surface area is 104 Å². The van der Waals surface area contributed by atoms with E-state index in [0.29, 0.717) is 18.8 Å². The third-order valence-corrected chi connectivity index (χ3v) is 3.33. The van der Waals surface area contributed by atoms with Crippen LogP contribution in [-0.2, 0) is 7.05 Å². The van der Waals surface area contributed by atoms with Gasteiger partial charge in [0.1, 0.15) is 5.69 Å². The fourth-order valence-electron chi connectivity index (χ4n) is 2.35. The summed E-state index contributed by atoms with van der Waals surface area (Å²) >= 11 is 0. The van der Waals surface area contributed by atoms with E-state index in [1.807, 2.05) is 0 Å². The van der Waals surface area contributed by atoms with Crippen LogP contribution in [0.4, 0.5) is 5.69 Å². The molecule has 98 valence electrons. The van der Waals surface area contributed by atoms with Crippen molar-refractivity contribution < 1.29 is 9.72 Å². The van der Waals surface area contributed by atoms with Crippen molar-refractivity contribution in [1.29, 1.82) is 0 Å². The first kappa shape index (κ1) is 12.6. The zero-order chi connectivity index (χ0) is 13.3. The predicted octanol–water partition coefficient (Wildman–Crippen LogP) is 0.497. The number of nitrogens with two attached hydrogens (primary N) is 1. The number of hydrogen-bond donors (Lipinski definition) is 1. The van der Waals surface area contributed by atoms with Gasteiger partial charge in [-0.3, -0.25) is 14.9 Å². The standard InChI is InChI=1S/C11H16N4O3/c1-13-7-9(15(17)18)5-10(13)11(16)14-4-2-3-8(14)6-12/h5,7-8H,2-4,6,12H2,1H3. The maximum atomic E-state index is 12.3. The van der Waals surface area contributed by atoms with E-state index in [1.165, 1.54) is 16.8 Å². The van der Waals surface area contributed by atoms with Gasteiger partial charge in [0.05, 0.1) is 11.1 Å². The molecule has 0 aromatic carbocycles. The topological polar surface area (TPSA) is 94.4 Å². The van der Waals surface area contributed by atoms with Gasteiger partial charge in [0.15, 0.2) is 0 Å². The molecule has 2 heterocycles. The van der Waals surface area contributed by atoms with Crippen molar-refractivity contribution >= 4 is 11.6 Å². The third kappa shape index (κ3) is 2.08. The Kier molecular flexibility index (Phi) is 3.33. The van der Waals surface area contributed by atoms with E-state index in [0.717, 1.165) is 12.8 Å². The molecule has 0 spiro atoms. The number of carbonyl (C=O) groups is 1. The SMILES string of the molecule is Cn1cc([N+](=O)[O-])cc1C(=O)N1CCCC1CN. The summed E-state index contributed by atoms with van der Waals surface area (Å²) < 4.78 is 1.49. The highest BCUT2D eigenvalue weighted by molar-refractivity contribution is 5.94. The number of aryl methyl sites for hydroxylation is 1. The molecule has 1 aromatic rings. The number of aromatic nitrogens is 1. The van der Waals surface area contributed by atoms with Crippen molar-refractivity contribution in [2.45, 2.75) is 18.9 Å². The molecular weight excluding hydrogens is 236 g/mol. The fourth-order valence-corrected chi connectivity index (χ4v) is 2.35. The predicted molar refractivity (Wildman–Crippen MR) is 65.2 cm³/mol. The minimum absolute atomic E-state index is 0.0476. The van der Waals surface area contributed by atoms with E-state index in [9.17, 15) is 14.9 Å². The smallest absolute Gasteiger partial charge is 0.287 e. The van der Waals surface area contributed by atoms with Crippen LogP contribution in [0.25, 0.3) is 0 Å². The summed E-state index contributed by atoms with van der Waals surface area (Å²) in [5, 5.41) is 10.7. The second kappa shape index (κ2) is 4.77. The van der Waals surface area contributed by atoms with E-state index in [2.05, 4.69) is 0 Å². The molecule has 1 saturated heterocycles. The van der Waals surface area contributed by atoms with Gasteiger partial charge in [-0.1, -0.05) is 0 Å². The zero-order valence-corrected chi connectivity index (χ0v) is 10.2. The van der Waals surface area contributed by atoms with Gasteiger partial charge in [-0.2, -0.15) is 0 Å². The van der Waals surface area contributed by atoms with Crippen LogP contribution in [0.2, 0.25) is 0 Å². The van der Waals surface area contributed by atoms with Crippen LogP contribution >= 0.6 is 0 Å². The lowest BCUT2D eigenvalue weighted by atomic mass is 10.2. The monoisotopic (exact) mass is 252 g/mol. The Balaban J connectivity index is 2.25. The Morgan fingerprint density at radius 1 is 1.67 bits per heavy atom. The largest absolute Gasteiger partial charge is 0.340 e. The molecule has 18 heavy (non-hydrogen) atoms. The van der Waals surface area contributed by atoms with Crippen LogP contribution in [0.1, 0.15) is 23.3 Å². The molecule has 7 nitrogen and oxygen atoms in total. The van der Waals surface area contributed by atoms with Gasteiger partial charge in [-0.15, -0.1) is 0 Å². The molecule has 0 radical (unpaired) electrons. The van der Waals surface area contributed by atoms with Crippen LogP contribution in [-0.4, -0.2) is 39.4 Å². The fraction of sp³-hybridized carbons (Fsp3) is 0.545. The molecule has 1 aliphatic heterocycles. The summed E-state index contributed by atoms with van der Waals surface area (Å²) in [6.07, 6.45) is 3.18. The number of rotatable bonds is 3. The third-order valence-electron chi connectivity index (χ3n) is 3.33. The van der Waals surface area contributed by atoms with Crippen molar-refractivity contribution in [2.75, 3.05) is 13.1 Å². The second-order valence-electron chi connectivity index (χ2n) is 4.48. The Hall–Kier alpha value is -1.89. The summed E-state index contributed by atoms with van der Waals surface area (Å²) in [5.74, 6) is -0.182. The maximum absolute atomic E-state index is 12.3. The van der Waals surface area contributed by atoms with Crippen molar-refractivity contribution in [1.82, 2.24) is 9.47 Å². The molecule has 1 unspecified atom stereocenters. The van der Waals surface area contributed by atoms with Gasteiger partial charge in [0.2, 0.25) is 0 Å². The summed E-state index contributed by atoms with van der Waals surface area (Å²) in [4.78, 5) is 24.2. The average molecular weight is 252 g/mol. The minimum Gasteiger partial charge on any atom is -0.340 e. The van der Waals surface area contributed by atoms with Crippen molar-refractivity contribution in [2.24, 2.45) is 12.8 Å². The number of hydrogen-bond acceptors (Lipinski definition) is 4. The molecule has 1 atom stereocenters. The van der Waals surface area contributed by atoms with Gasteiger partial charge in [-0.25, -0.2) is 0 Å². The Bertz CT molecular complexity index is 483.